The van der Waals surface area contributed by atoms with E-state index in [0.717, 1.165) is 16.2 Å². The maximum absolute atomic E-state index is 12.1. The Morgan fingerprint density at radius 2 is 1.55 bits per heavy atom. The first kappa shape index (κ1) is 13.2. The highest BCUT2D eigenvalue weighted by Crippen LogP contribution is 2.36. The fraction of sp³-hybridized carbons (Fsp3) is 0.167. The van der Waals surface area contributed by atoms with Gasteiger partial charge in [0.1, 0.15) is 0 Å². The second-order valence-electron chi connectivity index (χ2n) is 4.93. The minimum atomic E-state index is 0.269. The summed E-state index contributed by atoms with van der Waals surface area (Å²) in [6.07, 6.45) is 3.70. The van der Waals surface area contributed by atoms with E-state index in [1.807, 2.05) is 36.4 Å². The number of ketones is 1. The molecule has 3 rings (SSSR count). The predicted molar refractivity (Wildman–Crippen MR) is 83.8 cm³/mol. The molecule has 0 amide bonds. The van der Waals surface area contributed by atoms with Crippen molar-refractivity contribution < 1.29 is 4.79 Å². The number of hydrogen-bond donors (Lipinski definition) is 0. The lowest BCUT2D eigenvalue weighted by atomic mass is 9.89. The molecule has 0 saturated carbocycles. The van der Waals surface area contributed by atoms with Gasteiger partial charge in [0.25, 0.3) is 0 Å². The van der Waals surface area contributed by atoms with Crippen molar-refractivity contribution >= 4 is 17.5 Å². The van der Waals surface area contributed by atoms with Gasteiger partial charge in [0.15, 0.2) is 5.78 Å². The highest BCUT2D eigenvalue weighted by molar-refractivity contribution is 8.04. The molecule has 0 N–H and O–H groups in total. The molecule has 0 bridgehead atoms. The summed E-state index contributed by atoms with van der Waals surface area (Å²) in [7, 11) is 0. The van der Waals surface area contributed by atoms with E-state index < -0.39 is 0 Å². The van der Waals surface area contributed by atoms with Crippen LogP contribution < -0.4 is 0 Å². The zero-order valence-corrected chi connectivity index (χ0v) is 12.0. The number of rotatable bonds is 3. The largest absolute Gasteiger partial charge is 0.294 e. The number of carbonyl (C=O) groups excluding carboxylic acids is 1. The maximum atomic E-state index is 12.1. The fourth-order valence-electron chi connectivity index (χ4n) is 2.44. The molecule has 1 atom stereocenters. The molecule has 100 valence electrons. The zero-order chi connectivity index (χ0) is 13.8. The molecular weight excluding hydrogens is 264 g/mol. The van der Waals surface area contributed by atoms with Crippen molar-refractivity contribution in [1.82, 2.24) is 0 Å². The van der Waals surface area contributed by atoms with Crippen molar-refractivity contribution in [3.8, 4) is 0 Å². The van der Waals surface area contributed by atoms with Gasteiger partial charge in [-0.05, 0) is 24.1 Å². The lowest BCUT2D eigenvalue weighted by Crippen LogP contribution is -2.11. The summed E-state index contributed by atoms with van der Waals surface area (Å²) in [5.41, 5.74) is 1.30. The molecule has 0 aromatic heterocycles. The van der Waals surface area contributed by atoms with Crippen LogP contribution in [0.3, 0.4) is 0 Å². The number of carbonyl (C=O) groups is 1. The van der Waals surface area contributed by atoms with Gasteiger partial charge < -0.3 is 0 Å². The number of allylic oxidation sites excluding steroid dienone is 2. The van der Waals surface area contributed by atoms with Gasteiger partial charge in [-0.2, -0.15) is 0 Å². The van der Waals surface area contributed by atoms with Gasteiger partial charge in [-0.1, -0.05) is 66.4 Å². The number of Topliss-reactive ketones (excluding diaryl/α,β-unsaturated/α-hetero) is 1. The Balaban J connectivity index is 1.84. The normalized spacial score (nSPS) is 18.7. The van der Waals surface area contributed by atoms with Crippen molar-refractivity contribution in [2.45, 2.75) is 23.7 Å². The average Bonchev–Trinajstić information content (AvgIpc) is 2.51. The Hall–Kier alpha value is -1.80. The van der Waals surface area contributed by atoms with Gasteiger partial charge in [-0.15, -0.1) is 0 Å². The number of hydrogen-bond acceptors (Lipinski definition) is 2. The molecule has 0 radical (unpaired) electrons. The van der Waals surface area contributed by atoms with Crippen LogP contribution in [0, 0.1) is 0 Å². The third-order valence-electron chi connectivity index (χ3n) is 3.51. The molecule has 0 saturated heterocycles. The lowest BCUT2D eigenvalue weighted by Gasteiger charge is -2.20. The van der Waals surface area contributed by atoms with Crippen molar-refractivity contribution in [1.29, 1.82) is 0 Å². The summed E-state index contributed by atoms with van der Waals surface area (Å²) < 4.78 is 0. The van der Waals surface area contributed by atoms with Crippen LogP contribution in [0.4, 0.5) is 0 Å². The van der Waals surface area contributed by atoms with E-state index in [4.69, 9.17) is 0 Å². The molecule has 2 heteroatoms. The maximum Gasteiger partial charge on any atom is 0.169 e. The Morgan fingerprint density at radius 1 is 0.900 bits per heavy atom. The van der Waals surface area contributed by atoms with Crippen molar-refractivity contribution in [3.05, 3.63) is 77.2 Å². The standard InChI is InChI=1S/C18H16OS/c19-17-12-11-15(14-7-3-1-4-8-14)13-18(17)20-16-9-5-2-6-10-16/h1-10,13,15H,11-12H2. The van der Waals surface area contributed by atoms with E-state index >= 15 is 0 Å². The van der Waals surface area contributed by atoms with Crippen LogP contribution in [0.2, 0.25) is 0 Å². The van der Waals surface area contributed by atoms with E-state index in [2.05, 4.69) is 30.3 Å². The molecule has 2 aromatic rings. The van der Waals surface area contributed by atoms with Crippen LogP contribution in [0.5, 0.6) is 0 Å². The van der Waals surface area contributed by atoms with E-state index in [1.54, 1.807) is 11.8 Å². The minimum Gasteiger partial charge on any atom is -0.294 e. The Bertz CT molecular complexity index is 616. The Labute approximate surface area is 123 Å². The monoisotopic (exact) mass is 280 g/mol. The van der Waals surface area contributed by atoms with Gasteiger partial charge in [0, 0.05) is 17.2 Å². The summed E-state index contributed by atoms with van der Waals surface area (Å²) in [5, 5.41) is 0. The topological polar surface area (TPSA) is 17.1 Å². The molecule has 0 aliphatic heterocycles. The van der Waals surface area contributed by atoms with Crippen LogP contribution in [0.1, 0.15) is 24.3 Å². The number of benzene rings is 2. The van der Waals surface area contributed by atoms with Crippen LogP contribution >= 0.6 is 11.8 Å². The SMILES string of the molecule is O=C1CCC(c2ccccc2)C=C1Sc1ccccc1. The first-order valence-corrected chi connectivity index (χ1v) is 7.67. The van der Waals surface area contributed by atoms with Crippen LogP contribution in [-0.4, -0.2) is 5.78 Å². The molecule has 0 heterocycles. The summed E-state index contributed by atoms with van der Waals surface area (Å²) in [6, 6.07) is 20.5. The van der Waals surface area contributed by atoms with E-state index in [-0.39, 0.29) is 5.78 Å². The molecular formula is C18H16OS. The zero-order valence-electron chi connectivity index (χ0n) is 11.2. The van der Waals surface area contributed by atoms with Crippen molar-refractivity contribution in [2.75, 3.05) is 0 Å². The number of thioether (sulfide) groups is 1. The van der Waals surface area contributed by atoms with Crippen molar-refractivity contribution in [2.24, 2.45) is 0 Å². The second kappa shape index (κ2) is 6.10. The van der Waals surface area contributed by atoms with Crippen LogP contribution in [0.25, 0.3) is 0 Å². The van der Waals surface area contributed by atoms with E-state index in [1.165, 1.54) is 5.56 Å². The van der Waals surface area contributed by atoms with Gasteiger partial charge >= 0.3 is 0 Å². The average molecular weight is 280 g/mol. The molecule has 1 aliphatic carbocycles. The highest BCUT2D eigenvalue weighted by atomic mass is 32.2. The second-order valence-corrected chi connectivity index (χ2v) is 6.04. The van der Waals surface area contributed by atoms with Gasteiger partial charge in [-0.3, -0.25) is 4.79 Å². The van der Waals surface area contributed by atoms with Crippen LogP contribution in [-0.2, 0) is 4.79 Å². The Morgan fingerprint density at radius 3 is 2.25 bits per heavy atom. The smallest absolute Gasteiger partial charge is 0.169 e. The third-order valence-corrected chi connectivity index (χ3v) is 4.60. The van der Waals surface area contributed by atoms with Gasteiger partial charge in [0.2, 0.25) is 0 Å². The molecule has 1 unspecified atom stereocenters. The molecule has 20 heavy (non-hydrogen) atoms. The first-order valence-electron chi connectivity index (χ1n) is 6.86. The summed E-state index contributed by atoms with van der Waals surface area (Å²) >= 11 is 1.58. The highest BCUT2D eigenvalue weighted by Gasteiger charge is 2.22. The Kier molecular flexibility index (Phi) is 4.03. The van der Waals surface area contributed by atoms with E-state index in [0.29, 0.717) is 12.3 Å². The lowest BCUT2D eigenvalue weighted by molar-refractivity contribution is -0.115. The molecule has 1 aliphatic rings. The molecule has 0 fully saturated rings. The molecule has 0 spiro atoms. The summed E-state index contributed by atoms with van der Waals surface area (Å²) in [5.74, 6) is 0.631. The van der Waals surface area contributed by atoms with Gasteiger partial charge in [-0.25, -0.2) is 0 Å². The fourth-order valence-corrected chi connectivity index (χ4v) is 3.43. The molecule has 1 nitrogen and oxygen atoms in total. The van der Waals surface area contributed by atoms with Crippen molar-refractivity contribution in [3.63, 3.8) is 0 Å². The summed E-state index contributed by atoms with van der Waals surface area (Å²) in [4.78, 5) is 14.1. The minimum absolute atomic E-state index is 0.269. The van der Waals surface area contributed by atoms with Gasteiger partial charge in [0.05, 0.1) is 4.91 Å². The third kappa shape index (κ3) is 3.02. The predicted octanol–water partition coefficient (Wildman–Crippen LogP) is 4.81. The first-order chi connectivity index (χ1) is 9.83. The molecule has 2 aromatic carbocycles. The summed E-state index contributed by atoms with van der Waals surface area (Å²) in [6.45, 7) is 0. The van der Waals surface area contributed by atoms with Crippen LogP contribution in [0.15, 0.2) is 76.5 Å². The quantitative estimate of drug-likeness (QED) is 0.802. The van der Waals surface area contributed by atoms with E-state index in [9.17, 15) is 4.79 Å².